The zero-order valence-electron chi connectivity index (χ0n) is 8.01. The third-order valence-corrected chi connectivity index (χ3v) is 2.20. The highest BCUT2D eigenvalue weighted by molar-refractivity contribution is 4.73. The molecular weight excluding hydrogens is 138 g/mol. The lowest BCUT2D eigenvalue weighted by Gasteiger charge is -2.19. The highest BCUT2D eigenvalue weighted by Crippen LogP contribution is 2.15. The van der Waals surface area contributed by atoms with Gasteiger partial charge in [-0.05, 0) is 39.3 Å². The van der Waals surface area contributed by atoms with Crippen LogP contribution in [0.5, 0.6) is 0 Å². The molecule has 2 heteroatoms. The Hall–Kier alpha value is -0.0800. The van der Waals surface area contributed by atoms with Gasteiger partial charge in [0.05, 0.1) is 0 Å². The molecule has 1 atom stereocenters. The highest BCUT2D eigenvalue weighted by Gasteiger charge is 2.17. The van der Waals surface area contributed by atoms with Crippen molar-refractivity contribution in [2.24, 2.45) is 0 Å². The second-order valence-electron chi connectivity index (χ2n) is 3.03. The second kappa shape index (κ2) is 6.62. The molecule has 1 fully saturated rings. The van der Waals surface area contributed by atoms with Gasteiger partial charge >= 0.3 is 0 Å². The number of rotatable bonds is 2. The lowest BCUT2D eigenvalue weighted by Crippen LogP contribution is -2.27. The van der Waals surface area contributed by atoms with Gasteiger partial charge in [0.1, 0.15) is 0 Å². The molecule has 1 aliphatic rings. The summed E-state index contributed by atoms with van der Waals surface area (Å²) in [7, 11) is 1.00. The summed E-state index contributed by atoms with van der Waals surface area (Å²) >= 11 is 0. The van der Waals surface area contributed by atoms with E-state index in [1.807, 2.05) is 0 Å². The van der Waals surface area contributed by atoms with Gasteiger partial charge in [-0.2, -0.15) is 0 Å². The number of likely N-dealkylation sites (tertiary alicyclic amines) is 1. The molecule has 1 heterocycles. The van der Waals surface area contributed by atoms with Crippen LogP contribution in [0.3, 0.4) is 0 Å². The van der Waals surface area contributed by atoms with Gasteiger partial charge < -0.3 is 10.0 Å². The van der Waals surface area contributed by atoms with Crippen LogP contribution in [0.1, 0.15) is 33.1 Å². The van der Waals surface area contributed by atoms with E-state index in [1.54, 1.807) is 0 Å². The van der Waals surface area contributed by atoms with Crippen LogP contribution in [0.25, 0.3) is 0 Å². The maximum Gasteiger partial charge on any atom is 0.0319 e. The number of aliphatic hydroxyl groups excluding tert-OH is 1. The van der Waals surface area contributed by atoms with Gasteiger partial charge in [-0.3, -0.25) is 0 Å². The minimum absolute atomic E-state index is 0.866. The molecule has 0 aromatic rings. The smallest absolute Gasteiger partial charge is 0.0319 e. The van der Waals surface area contributed by atoms with Gasteiger partial charge in [0.2, 0.25) is 0 Å². The molecule has 0 bridgehead atoms. The van der Waals surface area contributed by atoms with Crippen LogP contribution in [0.4, 0.5) is 0 Å². The van der Waals surface area contributed by atoms with Gasteiger partial charge in [-0.15, -0.1) is 0 Å². The Morgan fingerprint density at radius 2 is 2.09 bits per heavy atom. The van der Waals surface area contributed by atoms with E-state index in [2.05, 4.69) is 18.7 Å². The summed E-state index contributed by atoms with van der Waals surface area (Å²) in [6.45, 7) is 7.24. The average Bonchev–Trinajstić information content (AvgIpc) is 2.42. The van der Waals surface area contributed by atoms with Crippen molar-refractivity contribution in [3.8, 4) is 0 Å². The van der Waals surface area contributed by atoms with Crippen LogP contribution < -0.4 is 0 Å². The standard InChI is InChI=1S/C8H17N.CH4O/c1-3-6-9-7-4-5-8(9)2;1-2/h8H,3-7H2,1-2H3;2H,1H3. The van der Waals surface area contributed by atoms with Crippen LogP contribution in [0, 0.1) is 0 Å². The first-order valence-electron chi connectivity index (χ1n) is 4.53. The Balaban J connectivity index is 0.000000461. The summed E-state index contributed by atoms with van der Waals surface area (Å²) in [6, 6.07) is 0.866. The molecule has 2 nitrogen and oxygen atoms in total. The lowest BCUT2D eigenvalue weighted by molar-refractivity contribution is 0.269. The van der Waals surface area contributed by atoms with E-state index < -0.39 is 0 Å². The number of hydrogen-bond acceptors (Lipinski definition) is 2. The van der Waals surface area contributed by atoms with Crippen molar-refractivity contribution in [1.29, 1.82) is 0 Å². The van der Waals surface area contributed by atoms with E-state index in [-0.39, 0.29) is 0 Å². The lowest BCUT2D eigenvalue weighted by atomic mass is 10.2. The van der Waals surface area contributed by atoms with Gasteiger partial charge in [0.15, 0.2) is 0 Å². The minimum atomic E-state index is 0.866. The van der Waals surface area contributed by atoms with Crippen molar-refractivity contribution in [2.45, 2.75) is 39.2 Å². The van der Waals surface area contributed by atoms with E-state index in [0.717, 1.165) is 13.2 Å². The third kappa shape index (κ3) is 3.73. The van der Waals surface area contributed by atoms with Crippen molar-refractivity contribution in [2.75, 3.05) is 20.2 Å². The molecule has 0 amide bonds. The molecular formula is C9H21NO. The van der Waals surface area contributed by atoms with Crippen LogP contribution in [-0.2, 0) is 0 Å². The zero-order chi connectivity index (χ0) is 8.69. The van der Waals surface area contributed by atoms with E-state index in [4.69, 9.17) is 5.11 Å². The quantitative estimate of drug-likeness (QED) is 0.660. The molecule has 0 spiro atoms. The fraction of sp³-hybridized carbons (Fsp3) is 1.00. The van der Waals surface area contributed by atoms with E-state index >= 15 is 0 Å². The van der Waals surface area contributed by atoms with Crippen LogP contribution in [0.2, 0.25) is 0 Å². The molecule has 0 aromatic carbocycles. The predicted molar refractivity (Wildman–Crippen MR) is 48.7 cm³/mol. The summed E-state index contributed by atoms with van der Waals surface area (Å²) in [5, 5.41) is 7.00. The molecule has 0 saturated carbocycles. The van der Waals surface area contributed by atoms with Gasteiger partial charge in [0, 0.05) is 13.2 Å². The number of hydrogen-bond donors (Lipinski definition) is 1. The van der Waals surface area contributed by atoms with E-state index in [9.17, 15) is 0 Å². The summed E-state index contributed by atoms with van der Waals surface area (Å²) in [5.41, 5.74) is 0. The molecule has 1 aliphatic heterocycles. The van der Waals surface area contributed by atoms with Crippen molar-refractivity contribution in [3.05, 3.63) is 0 Å². The number of aliphatic hydroxyl groups is 1. The molecule has 1 N–H and O–H groups in total. The summed E-state index contributed by atoms with van der Waals surface area (Å²) in [4.78, 5) is 2.58. The molecule has 1 saturated heterocycles. The molecule has 1 unspecified atom stereocenters. The largest absolute Gasteiger partial charge is 0.400 e. The Kier molecular flexibility index (Phi) is 6.57. The SMILES string of the molecule is CCCN1CCCC1C.CO. The Labute approximate surface area is 70.2 Å². The van der Waals surface area contributed by atoms with Crippen LogP contribution >= 0.6 is 0 Å². The topological polar surface area (TPSA) is 23.5 Å². The van der Waals surface area contributed by atoms with Crippen molar-refractivity contribution >= 4 is 0 Å². The molecule has 1 rings (SSSR count). The molecule has 0 aliphatic carbocycles. The zero-order valence-corrected chi connectivity index (χ0v) is 8.01. The monoisotopic (exact) mass is 159 g/mol. The van der Waals surface area contributed by atoms with Crippen molar-refractivity contribution in [1.82, 2.24) is 4.90 Å². The van der Waals surface area contributed by atoms with Gasteiger partial charge in [0.25, 0.3) is 0 Å². The first kappa shape index (κ1) is 10.9. The van der Waals surface area contributed by atoms with Gasteiger partial charge in [-0.25, -0.2) is 0 Å². The van der Waals surface area contributed by atoms with E-state index in [0.29, 0.717) is 0 Å². The second-order valence-corrected chi connectivity index (χ2v) is 3.03. The van der Waals surface area contributed by atoms with E-state index in [1.165, 1.54) is 32.4 Å². The Morgan fingerprint density at radius 3 is 2.45 bits per heavy atom. The minimum Gasteiger partial charge on any atom is -0.400 e. The molecule has 68 valence electrons. The Morgan fingerprint density at radius 1 is 1.45 bits per heavy atom. The fourth-order valence-electron chi connectivity index (χ4n) is 1.61. The maximum absolute atomic E-state index is 7.00. The molecule has 0 aromatic heterocycles. The van der Waals surface area contributed by atoms with Crippen molar-refractivity contribution < 1.29 is 5.11 Å². The highest BCUT2D eigenvalue weighted by atomic mass is 16.2. The van der Waals surface area contributed by atoms with Crippen molar-refractivity contribution in [3.63, 3.8) is 0 Å². The average molecular weight is 159 g/mol. The molecule has 11 heavy (non-hydrogen) atoms. The summed E-state index contributed by atoms with van der Waals surface area (Å²) in [5.74, 6) is 0. The fourth-order valence-corrected chi connectivity index (χ4v) is 1.61. The number of nitrogens with zero attached hydrogens (tertiary/aromatic N) is 1. The molecule has 0 radical (unpaired) electrons. The maximum atomic E-state index is 7.00. The third-order valence-electron chi connectivity index (χ3n) is 2.20. The first-order chi connectivity index (χ1) is 5.34. The van der Waals surface area contributed by atoms with Gasteiger partial charge in [-0.1, -0.05) is 6.92 Å². The van der Waals surface area contributed by atoms with Crippen LogP contribution in [0.15, 0.2) is 0 Å². The summed E-state index contributed by atoms with van der Waals surface area (Å²) < 4.78 is 0. The van der Waals surface area contributed by atoms with Crippen LogP contribution in [-0.4, -0.2) is 36.2 Å². The predicted octanol–water partition coefficient (Wildman–Crippen LogP) is 1.49. The summed E-state index contributed by atoms with van der Waals surface area (Å²) in [6.07, 6.45) is 4.14. The first-order valence-corrected chi connectivity index (χ1v) is 4.53. The Bertz CT molecular complexity index is 85.6. The normalized spacial score (nSPS) is 24.5.